The molecule has 3 saturated heterocycles. The lowest BCUT2D eigenvalue weighted by Crippen LogP contribution is -2.49. The van der Waals surface area contributed by atoms with Gasteiger partial charge in [-0.2, -0.15) is 11.1 Å². The Bertz CT molecular complexity index is 2770. The van der Waals surface area contributed by atoms with Gasteiger partial charge >= 0.3 is 17.1 Å². The molecule has 25 heteroatoms. The van der Waals surface area contributed by atoms with Crippen molar-refractivity contribution in [2.75, 3.05) is 0 Å². The molecule has 0 aromatic carbocycles. The van der Waals surface area contributed by atoms with Gasteiger partial charge in [0.15, 0.2) is 42.7 Å². The van der Waals surface area contributed by atoms with E-state index in [1.165, 1.54) is 27.7 Å². The maximum atomic E-state index is 12.3. The van der Waals surface area contributed by atoms with Crippen LogP contribution in [0.5, 0.6) is 0 Å². The van der Waals surface area contributed by atoms with E-state index in [0.29, 0.717) is 41.0 Å². The molecule has 7 N–H and O–H groups in total. The van der Waals surface area contributed by atoms with E-state index in [0.717, 1.165) is 4.57 Å². The highest BCUT2D eigenvalue weighted by Crippen LogP contribution is 2.44. The lowest BCUT2D eigenvalue weighted by Gasteiger charge is -2.40. The average molecular weight is 1150 g/mol. The Labute approximate surface area is 454 Å². The highest BCUT2D eigenvalue weighted by atomic mass is 35.6. The molecule has 12 atom stereocenters. The maximum absolute atomic E-state index is 12.3. The van der Waals surface area contributed by atoms with Crippen molar-refractivity contribution in [2.24, 2.45) is 0 Å². The average Bonchev–Trinajstić information content (AvgIpc) is 3.87. The van der Waals surface area contributed by atoms with Crippen LogP contribution in [0.15, 0.2) is 47.4 Å². The van der Waals surface area contributed by atoms with Gasteiger partial charge in [-0.1, -0.05) is 96.2 Å². The summed E-state index contributed by atoms with van der Waals surface area (Å²) in [7, 11) is -5.70. The number of hydrogen-bond donors (Lipinski definition) is 7. The van der Waals surface area contributed by atoms with Crippen LogP contribution in [0.4, 0.5) is 0 Å². The lowest BCUT2D eigenvalue weighted by molar-refractivity contribution is -0.0406. The quantitative estimate of drug-likeness (QED) is 0.0917. The molecule has 21 nitrogen and oxygen atoms in total. The molecule has 0 spiro atoms. The molecular formula is C51H91ClN6O15Si3. The van der Waals surface area contributed by atoms with Crippen molar-refractivity contribution in [1.29, 1.82) is 0 Å². The highest BCUT2D eigenvalue weighted by Gasteiger charge is 2.52. The molecule has 3 fully saturated rings. The molecule has 6 rings (SSSR count). The number of aliphatic hydroxyl groups excluding tert-OH is 4. The summed E-state index contributed by atoms with van der Waals surface area (Å²) in [6, 6.07) is 0. The van der Waals surface area contributed by atoms with Crippen LogP contribution in [0.1, 0.15) is 138 Å². The summed E-state index contributed by atoms with van der Waals surface area (Å²) < 4.78 is 33.8. The van der Waals surface area contributed by atoms with E-state index in [4.69, 9.17) is 34.1 Å². The first kappa shape index (κ1) is 66.9. The first-order valence-electron chi connectivity index (χ1n) is 26.2. The topological polar surface area (TPSA) is 292 Å². The van der Waals surface area contributed by atoms with Crippen LogP contribution in [0, 0.1) is 20.8 Å². The number of ether oxygens (including phenoxy) is 3. The SMILES string of the molecule is CC(C)(C)[Si](C)(C)Cl.CC[C@H]1O[C@@H](n2cc(C)c(=O)[nH]c2=O)C(O)[C@H]1O.CC[C@H]1O[C@@H](n2cc(C)c(=O)[nH]c2=O)C(O)[C@H]1O[Si](C)(C)C(C)(C)C.CC[C@H]1O[C@@H](n2cc(C)c(=O)[nH]c2=O)C(O[Si](C)(C)C(C)(C)C)[C@H]1O. The maximum Gasteiger partial charge on any atom is 0.330 e. The monoisotopic (exact) mass is 1150 g/mol. The Morgan fingerprint density at radius 3 is 1.09 bits per heavy atom. The lowest BCUT2D eigenvalue weighted by atomic mass is 10.1. The van der Waals surface area contributed by atoms with Crippen LogP contribution in [0.25, 0.3) is 0 Å². The Morgan fingerprint density at radius 1 is 0.487 bits per heavy atom. The third-order valence-electron chi connectivity index (χ3n) is 15.7. The first-order valence-corrected chi connectivity index (χ1v) is 36.0. The Hall–Kier alpha value is -3.38. The van der Waals surface area contributed by atoms with E-state index in [1.807, 2.05) is 20.8 Å². The Kier molecular flexibility index (Phi) is 22.3. The minimum absolute atomic E-state index is 0.00545. The van der Waals surface area contributed by atoms with Crippen LogP contribution in [-0.2, 0) is 23.1 Å². The molecule has 3 aromatic heterocycles. The van der Waals surface area contributed by atoms with Gasteiger partial charge in [0.1, 0.15) is 36.6 Å². The normalized spacial score (nSPS) is 27.2. The number of nitrogens with zero attached hydrogens (tertiary/aromatic N) is 3. The summed E-state index contributed by atoms with van der Waals surface area (Å²) >= 11 is 6.15. The van der Waals surface area contributed by atoms with E-state index in [1.54, 1.807) is 20.8 Å². The van der Waals surface area contributed by atoms with Crippen LogP contribution in [-0.4, -0.2) is 128 Å². The third kappa shape index (κ3) is 15.7. The molecule has 434 valence electrons. The zero-order valence-corrected chi connectivity index (χ0v) is 52.5. The molecule has 3 aromatic rings. The van der Waals surface area contributed by atoms with Crippen molar-refractivity contribution in [2.45, 2.75) is 251 Å². The van der Waals surface area contributed by atoms with Crippen molar-refractivity contribution < 1.29 is 43.5 Å². The number of aromatic nitrogens is 6. The van der Waals surface area contributed by atoms with Gasteiger partial charge in [-0.05, 0) is 81.3 Å². The third-order valence-corrected chi connectivity index (χ3v) is 29.9. The molecule has 76 heavy (non-hydrogen) atoms. The van der Waals surface area contributed by atoms with Gasteiger partial charge < -0.3 is 43.5 Å². The minimum Gasteiger partial charge on any atom is -0.408 e. The van der Waals surface area contributed by atoms with Crippen LogP contribution < -0.4 is 33.7 Å². The summed E-state index contributed by atoms with van der Waals surface area (Å²) in [5.74, 6) is 0. The van der Waals surface area contributed by atoms with Gasteiger partial charge in [0.25, 0.3) is 16.7 Å². The van der Waals surface area contributed by atoms with E-state index < -0.39 is 125 Å². The number of hydrogen-bond acceptors (Lipinski definition) is 15. The van der Waals surface area contributed by atoms with Crippen molar-refractivity contribution in [3.8, 4) is 0 Å². The number of aliphatic hydroxyl groups is 4. The van der Waals surface area contributed by atoms with Crippen molar-refractivity contribution in [3.05, 3.63) is 97.8 Å². The van der Waals surface area contributed by atoms with Crippen molar-refractivity contribution in [1.82, 2.24) is 28.7 Å². The van der Waals surface area contributed by atoms with E-state index >= 15 is 0 Å². The highest BCUT2D eigenvalue weighted by molar-refractivity contribution is 7.20. The second-order valence-electron chi connectivity index (χ2n) is 24.7. The zero-order chi connectivity index (χ0) is 58.8. The molecule has 6 heterocycles. The fraction of sp³-hybridized carbons (Fsp3) is 0.765. The molecular weight excluding hydrogens is 1060 g/mol. The number of nitrogens with one attached hydrogen (secondary N) is 3. The first-order chi connectivity index (χ1) is 34.5. The standard InChI is InChI=1S/2C17H30N2O5Si.C11H16N2O5.C6H15ClSi/c1-8-11-13(24-25(6,7)17(3,4)5)12(20)15(23-11)19-9-10(2)14(21)18-16(19)22;1-8-11-12(20)13(24-25(6,7)17(3,4)5)15(23-11)19-9-10(2)14(21)18-16(19)22;1-3-6-7(14)8(15)10(18-6)13-4-5(2)9(16)12-11(13)17;1-6(2,3)8(4,5)7/h2*9,11-13,15,20H,8H2,1-7H3,(H,18,21,22);4,6-8,10,14-15H,3H2,1-2H3,(H,12,16,17);1-5H3/t11-,12?,13+,15-;11-,12+,13?,15-;6-,7+,8?,10-;/m111./s1. The molecule has 0 aliphatic carbocycles. The van der Waals surface area contributed by atoms with Gasteiger partial charge in [0.2, 0.25) is 0 Å². The summed E-state index contributed by atoms with van der Waals surface area (Å²) in [6.45, 7) is 42.6. The van der Waals surface area contributed by atoms with Crippen LogP contribution >= 0.6 is 11.1 Å². The predicted octanol–water partition coefficient (Wildman–Crippen LogP) is 5.91. The molecule has 0 saturated carbocycles. The zero-order valence-electron chi connectivity index (χ0n) is 48.8. The number of aryl methyl sites for hydroxylation is 3. The molecule has 0 bridgehead atoms. The van der Waals surface area contributed by atoms with Crippen molar-refractivity contribution >= 4 is 35.1 Å². The van der Waals surface area contributed by atoms with Gasteiger partial charge in [-0.15, -0.1) is 0 Å². The van der Waals surface area contributed by atoms with Gasteiger partial charge in [0, 0.05) is 35.3 Å². The number of rotatable bonds is 10. The van der Waals surface area contributed by atoms with Crippen molar-refractivity contribution in [3.63, 3.8) is 0 Å². The predicted molar refractivity (Wildman–Crippen MR) is 302 cm³/mol. The summed E-state index contributed by atoms with van der Waals surface area (Å²) in [4.78, 5) is 77.3. The Balaban J connectivity index is 0.000000283. The Morgan fingerprint density at radius 2 is 0.776 bits per heavy atom. The smallest absolute Gasteiger partial charge is 0.330 e. The van der Waals surface area contributed by atoms with E-state index in [-0.39, 0.29) is 16.2 Å². The molecule has 3 aliphatic heterocycles. The minimum atomic E-state index is -2.20. The molecule has 3 aliphatic rings. The second kappa shape index (κ2) is 25.4. The fourth-order valence-corrected chi connectivity index (χ4v) is 10.1. The number of aromatic amines is 3. The summed E-state index contributed by atoms with van der Waals surface area (Å²) in [6.07, 6.45) is -3.09. The molecule has 0 amide bonds. The second-order valence-corrected chi connectivity index (χ2v) is 41.5. The largest absolute Gasteiger partial charge is 0.408 e. The van der Waals surface area contributed by atoms with E-state index in [9.17, 15) is 49.2 Å². The van der Waals surface area contributed by atoms with Gasteiger partial charge in [-0.25, -0.2) is 14.4 Å². The fourth-order valence-electron chi connectivity index (χ4n) is 7.49. The number of halogens is 1. The summed E-state index contributed by atoms with van der Waals surface area (Å²) in [5.41, 5.74) is -2.03. The van der Waals surface area contributed by atoms with Crippen LogP contribution in [0.2, 0.25) is 54.4 Å². The summed E-state index contributed by atoms with van der Waals surface area (Å²) in [5, 5.41) is 41.4. The van der Waals surface area contributed by atoms with Gasteiger partial charge in [0.05, 0.1) is 18.3 Å². The molecule has 3 unspecified atom stereocenters. The van der Waals surface area contributed by atoms with Gasteiger partial charge in [-0.3, -0.25) is 43.0 Å². The molecule has 0 radical (unpaired) electrons. The van der Waals surface area contributed by atoms with E-state index in [2.05, 4.69) is 117 Å². The van der Waals surface area contributed by atoms with Crippen LogP contribution in [0.3, 0.4) is 0 Å². The number of H-pyrrole nitrogens is 3.